The van der Waals surface area contributed by atoms with Crippen LogP contribution in [0, 0.1) is 5.82 Å². The summed E-state index contributed by atoms with van der Waals surface area (Å²) in [5.74, 6) is -1.05. The molecule has 1 saturated heterocycles. The summed E-state index contributed by atoms with van der Waals surface area (Å²) in [6.07, 6.45) is 4.60. The number of hydrogen-bond donors (Lipinski definition) is 2. The highest BCUT2D eigenvalue weighted by Gasteiger charge is 2.26. The molecule has 0 spiro atoms. The highest BCUT2D eigenvalue weighted by atomic mass is 19.1. The van der Waals surface area contributed by atoms with Gasteiger partial charge in [-0.2, -0.15) is 5.10 Å². The van der Waals surface area contributed by atoms with Gasteiger partial charge in [-0.1, -0.05) is 18.6 Å². The van der Waals surface area contributed by atoms with E-state index in [0.29, 0.717) is 38.3 Å². The van der Waals surface area contributed by atoms with Gasteiger partial charge in [-0.3, -0.25) is 19.1 Å². The van der Waals surface area contributed by atoms with Gasteiger partial charge < -0.3 is 20.4 Å². The number of likely N-dealkylation sites (tertiary alicyclic amines) is 1. The molecule has 35 heavy (non-hydrogen) atoms. The molecule has 188 valence electrons. The molecule has 0 atom stereocenters. The molecule has 9 nitrogen and oxygen atoms in total. The van der Waals surface area contributed by atoms with Crippen molar-refractivity contribution in [3.63, 3.8) is 0 Å². The van der Waals surface area contributed by atoms with Crippen molar-refractivity contribution in [3.8, 4) is 0 Å². The van der Waals surface area contributed by atoms with Crippen LogP contribution in [0.2, 0.25) is 0 Å². The molecule has 2 aliphatic heterocycles. The molecule has 0 bridgehead atoms. The van der Waals surface area contributed by atoms with Gasteiger partial charge in [0.05, 0.1) is 0 Å². The topological polar surface area (TPSA) is 99.6 Å². The van der Waals surface area contributed by atoms with Crippen LogP contribution in [0.4, 0.5) is 4.39 Å². The van der Waals surface area contributed by atoms with Crippen molar-refractivity contribution in [2.75, 3.05) is 39.3 Å². The van der Waals surface area contributed by atoms with Crippen molar-refractivity contribution < 1.29 is 18.8 Å². The third-order valence-electron chi connectivity index (χ3n) is 6.44. The van der Waals surface area contributed by atoms with E-state index in [-0.39, 0.29) is 36.3 Å². The van der Waals surface area contributed by atoms with Crippen LogP contribution in [0.5, 0.6) is 0 Å². The summed E-state index contributed by atoms with van der Waals surface area (Å²) in [5, 5.41) is 9.94. The van der Waals surface area contributed by atoms with Crippen molar-refractivity contribution in [1.82, 2.24) is 30.2 Å². The van der Waals surface area contributed by atoms with Crippen molar-refractivity contribution in [2.24, 2.45) is 0 Å². The number of nitrogens with one attached hydrogen (secondary N) is 2. The molecule has 1 aromatic heterocycles. The highest BCUT2D eigenvalue weighted by molar-refractivity contribution is 5.98. The van der Waals surface area contributed by atoms with Crippen molar-refractivity contribution >= 4 is 17.7 Å². The molecule has 1 aromatic carbocycles. The molecule has 2 N–H and O–H groups in total. The Morgan fingerprint density at radius 2 is 1.71 bits per heavy atom. The molecular weight excluding hydrogens is 451 g/mol. The molecule has 2 aromatic rings. The quantitative estimate of drug-likeness (QED) is 0.565. The first-order chi connectivity index (χ1) is 17.0. The Labute approximate surface area is 204 Å². The van der Waals surface area contributed by atoms with Crippen molar-refractivity contribution in [1.29, 1.82) is 0 Å². The first-order valence-corrected chi connectivity index (χ1v) is 12.4. The number of carbonyl (C=O) groups is 3. The largest absolute Gasteiger partial charge is 0.355 e. The number of rotatable bonds is 9. The molecular formula is C25H33FN6O3. The zero-order valence-electron chi connectivity index (χ0n) is 20.0. The van der Waals surface area contributed by atoms with Crippen molar-refractivity contribution in [2.45, 2.75) is 45.2 Å². The fourth-order valence-electron chi connectivity index (χ4n) is 4.51. The number of fused-ring (bicyclic) bond motifs is 1. The summed E-state index contributed by atoms with van der Waals surface area (Å²) in [7, 11) is 0. The summed E-state index contributed by atoms with van der Waals surface area (Å²) in [6, 6.07) is 7.57. The molecule has 3 heterocycles. The van der Waals surface area contributed by atoms with E-state index >= 15 is 0 Å². The number of aromatic nitrogens is 2. The van der Waals surface area contributed by atoms with E-state index in [1.807, 2.05) is 0 Å². The van der Waals surface area contributed by atoms with E-state index in [0.717, 1.165) is 25.2 Å². The summed E-state index contributed by atoms with van der Waals surface area (Å²) in [4.78, 5) is 41.8. The Kier molecular flexibility index (Phi) is 8.46. The minimum absolute atomic E-state index is 0.102. The maximum Gasteiger partial charge on any atom is 0.272 e. The van der Waals surface area contributed by atoms with E-state index in [4.69, 9.17) is 0 Å². The predicted molar refractivity (Wildman–Crippen MR) is 128 cm³/mol. The molecule has 0 radical (unpaired) electrons. The van der Waals surface area contributed by atoms with Gasteiger partial charge in [0.2, 0.25) is 5.91 Å². The molecule has 2 aliphatic rings. The zero-order chi connectivity index (χ0) is 24.6. The molecule has 3 amide bonds. The first kappa shape index (κ1) is 24.8. The van der Waals surface area contributed by atoms with Crippen LogP contribution >= 0.6 is 0 Å². The number of piperidine rings is 1. The smallest absolute Gasteiger partial charge is 0.272 e. The summed E-state index contributed by atoms with van der Waals surface area (Å²) >= 11 is 0. The van der Waals surface area contributed by atoms with Crippen LogP contribution in [0.1, 0.15) is 58.6 Å². The Morgan fingerprint density at radius 1 is 0.943 bits per heavy atom. The molecule has 10 heteroatoms. The maximum atomic E-state index is 13.2. The normalized spacial score (nSPS) is 16.5. The fourth-order valence-corrected chi connectivity index (χ4v) is 4.51. The van der Waals surface area contributed by atoms with Gasteiger partial charge in [-0.15, -0.1) is 0 Å². The van der Waals surface area contributed by atoms with E-state index in [1.54, 1.807) is 21.7 Å². The second-order valence-corrected chi connectivity index (χ2v) is 9.10. The minimum atomic E-state index is -0.412. The monoisotopic (exact) mass is 484 g/mol. The lowest BCUT2D eigenvalue weighted by molar-refractivity contribution is -0.121. The average molecular weight is 485 g/mol. The summed E-state index contributed by atoms with van der Waals surface area (Å²) in [5.41, 5.74) is 1.34. The Morgan fingerprint density at radius 3 is 2.49 bits per heavy atom. The standard InChI is InChI=1S/C25H33FN6O3/c26-20-7-5-19(6-8-20)18-31-14-4-15-32-22(25(31)35)17-21(29-32)24(34)28-10-9-23(33)27-11-16-30-12-2-1-3-13-30/h5-8,17H,1-4,9-16,18H2,(H,27,33)(H,28,34). The number of aryl methyl sites for hydroxylation is 1. The summed E-state index contributed by atoms with van der Waals surface area (Å²) in [6.45, 7) is 5.27. The van der Waals surface area contributed by atoms with E-state index in [2.05, 4.69) is 20.6 Å². The van der Waals surface area contributed by atoms with Crippen LogP contribution in [0.3, 0.4) is 0 Å². The third kappa shape index (κ3) is 6.88. The van der Waals surface area contributed by atoms with E-state index < -0.39 is 5.91 Å². The zero-order valence-corrected chi connectivity index (χ0v) is 20.0. The molecule has 1 fully saturated rings. The van der Waals surface area contributed by atoms with Gasteiger partial charge in [-0.05, 0) is 50.0 Å². The Bertz CT molecular complexity index is 1030. The molecule has 0 aliphatic carbocycles. The van der Waals surface area contributed by atoms with Crippen LogP contribution in [-0.2, 0) is 17.9 Å². The predicted octanol–water partition coefficient (Wildman–Crippen LogP) is 1.79. The van der Waals surface area contributed by atoms with Crippen LogP contribution < -0.4 is 10.6 Å². The minimum Gasteiger partial charge on any atom is -0.355 e. The van der Waals surface area contributed by atoms with Crippen LogP contribution in [0.25, 0.3) is 0 Å². The Balaban J connectivity index is 1.24. The van der Waals surface area contributed by atoms with E-state index in [9.17, 15) is 18.8 Å². The number of benzene rings is 1. The van der Waals surface area contributed by atoms with Crippen LogP contribution in [0.15, 0.2) is 30.3 Å². The number of nitrogens with zero attached hydrogens (tertiary/aromatic N) is 4. The highest BCUT2D eigenvalue weighted by Crippen LogP contribution is 2.17. The summed E-state index contributed by atoms with van der Waals surface area (Å²) < 4.78 is 14.8. The molecule has 0 unspecified atom stereocenters. The number of amides is 3. The van der Waals surface area contributed by atoms with Crippen LogP contribution in [-0.4, -0.2) is 76.6 Å². The maximum absolute atomic E-state index is 13.2. The Hall–Kier alpha value is -3.27. The third-order valence-corrected chi connectivity index (χ3v) is 6.44. The lowest BCUT2D eigenvalue weighted by atomic mass is 10.1. The molecule has 4 rings (SSSR count). The van der Waals surface area contributed by atoms with Gasteiger partial charge in [0, 0.05) is 51.8 Å². The number of hydrogen-bond acceptors (Lipinski definition) is 5. The van der Waals surface area contributed by atoms with E-state index in [1.165, 1.54) is 37.5 Å². The van der Waals surface area contributed by atoms with Gasteiger partial charge in [0.25, 0.3) is 11.8 Å². The van der Waals surface area contributed by atoms with Gasteiger partial charge in [0.1, 0.15) is 11.5 Å². The lowest BCUT2D eigenvalue weighted by Crippen LogP contribution is -2.38. The number of carbonyl (C=O) groups excluding carboxylic acids is 3. The lowest BCUT2D eigenvalue weighted by Gasteiger charge is -2.26. The average Bonchev–Trinajstić information content (AvgIpc) is 3.23. The van der Waals surface area contributed by atoms with Gasteiger partial charge >= 0.3 is 0 Å². The fraction of sp³-hybridized carbons (Fsp3) is 0.520. The van der Waals surface area contributed by atoms with Gasteiger partial charge in [0.15, 0.2) is 5.69 Å². The SMILES string of the molecule is O=C(CCNC(=O)c1cc2n(n1)CCCN(Cc1ccc(F)cc1)C2=O)NCCN1CCCCC1. The molecule has 0 saturated carbocycles. The second kappa shape index (κ2) is 11.9. The second-order valence-electron chi connectivity index (χ2n) is 9.10. The van der Waals surface area contributed by atoms with Crippen molar-refractivity contribution in [3.05, 3.63) is 53.1 Å². The first-order valence-electron chi connectivity index (χ1n) is 12.4. The number of halogens is 1. The van der Waals surface area contributed by atoms with Gasteiger partial charge in [-0.25, -0.2) is 4.39 Å².